The lowest BCUT2D eigenvalue weighted by Gasteiger charge is -2.27. The zero-order chi connectivity index (χ0) is 19.3. The summed E-state index contributed by atoms with van der Waals surface area (Å²) < 4.78 is 22.8. The third-order valence-electron chi connectivity index (χ3n) is 4.68. The minimum Gasteiger partial charge on any atom is -0.384 e. The van der Waals surface area contributed by atoms with Gasteiger partial charge in [-0.15, -0.1) is 0 Å². The van der Waals surface area contributed by atoms with Crippen LogP contribution in [-0.4, -0.2) is 62.4 Å². The number of hydrogen-bond donors (Lipinski definition) is 2. The minimum absolute atomic E-state index is 0.0286. The first-order valence-corrected chi connectivity index (χ1v) is 10.9. The van der Waals surface area contributed by atoms with Crippen molar-refractivity contribution in [2.24, 2.45) is 10.9 Å². The molecule has 0 saturated carbocycles. The molecule has 0 aromatic carbocycles. The molecule has 0 radical (unpaired) electrons. The van der Waals surface area contributed by atoms with Crippen molar-refractivity contribution in [3.05, 3.63) is 23.9 Å². The third-order valence-corrected chi connectivity index (χ3v) is 6.45. The highest BCUT2D eigenvalue weighted by atomic mass is 32.2. The second-order valence-electron chi connectivity index (χ2n) is 6.87. The van der Waals surface area contributed by atoms with E-state index in [2.05, 4.69) is 20.4 Å². The lowest BCUT2D eigenvalue weighted by molar-refractivity contribution is -0.126. The highest BCUT2D eigenvalue weighted by Gasteiger charge is 2.28. The molecule has 0 bridgehead atoms. The molecule has 1 aromatic heterocycles. The number of carbonyl (C=O) groups excluding carboxylic acids is 1. The number of nitrogens with zero attached hydrogens (tertiary/aromatic N) is 3. The Bertz CT molecular complexity index is 788. The maximum atomic E-state index is 11.8. The number of sulfone groups is 1. The number of oxime groups is 1. The van der Waals surface area contributed by atoms with Crippen LogP contribution < -0.4 is 16.0 Å². The van der Waals surface area contributed by atoms with Crippen LogP contribution in [-0.2, 0) is 19.5 Å². The Morgan fingerprint density at radius 2 is 2.11 bits per heavy atom. The lowest BCUT2D eigenvalue weighted by Crippen LogP contribution is -2.37. The molecule has 27 heavy (non-hydrogen) atoms. The highest BCUT2D eigenvalue weighted by molar-refractivity contribution is 7.91. The van der Waals surface area contributed by atoms with E-state index >= 15 is 0 Å². The molecule has 3 N–H and O–H groups in total. The number of aromatic nitrogens is 1. The number of pyridine rings is 1. The van der Waals surface area contributed by atoms with Gasteiger partial charge in [-0.05, 0) is 37.8 Å². The second-order valence-corrected chi connectivity index (χ2v) is 9.10. The van der Waals surface area contributed by atoms with Gasteiger partial charge in [0.2, 0.25) is 0 Å². The van der Waals surface area contributed by atoms with Crippen LogP contribution in [0.25, 0.3) is 0 Å². The van der Waals surface area contributed by atoms with Crippen molar-refractivity contribution in [2.45, 2.75) is 31.7 Å². The van der Waals surface area contributed by atoms with Crippen molar-refractivity contribution >= 4 is 27.4 Å². The molecule has 1 atom stereocenters. The number of rotatable bonds is 6. The number of amidine groups is 1. The number of piperidine rings is 1. The number of hydrogen-bond acceptors (Lipinski definition) is 7. The van der Waals surface area contributed by atoms with E-state index < -0.39 is 15.7 Å². The molecule has 0 aliphatic carbocycles. The average Bonchev–Trinajstić information content (AvgIpc) is 3.00. The second kappa shape index (κ2) is 8.55. The summed E-state index contributed by atoms with van der Waals surface area (Å²) in [7, 11) is -3.04. The molecule has 1 aromatic rings. The normalized spacial score (nSPS) is 22.4. The first-order chi connectivity index (χ1) is 12.9. The fourth-order valence-corrected chi connectivity index (χ4v) is 4.91. The quantitative estimate of drug-likeness (QED) is 0.395. The summed E-state index contributed by atoms with van der Waals surface area (Å²) in [4.78, 5) is 23.4. The van der Waals surface area contributed by atoms with Gasteiger partial charge in [0.15, 0.2) is 22.3 Å². The van der Waals surface area contributed by atoms with Crippen LogP contribution in [0, 0.1) is 0 Å². The molecule has 9 nitrogen and oxygen atoms in total. The number of nitrogens with two attached hydrogens (primary N) is 1. The standard InChI is InChI=1S/C17H25N5O4S/c18-17(13-4-5-15(19-10-13)22-7-2-1-3-8-22)21-26-11-16(23)20-14-6-9-27(24,25)12-14/h4-5,10,14H,1-3,6-9,11-12H2,(H2,18,21)(H,20,23). The molecule has 1 amide bonds. The summed E-state index contributed by atoms with van der Waals surface area (Å²) in [6.07, 6.45) is 5.67. The van der Waals surface area contributed by atoms with E-state index in [0.29, 0.717) is 12.0 Å². The van der Waals surface area contributed by atoms with Crippen molar-refractivity contribution in [3.63, 3.8) is 0 Å². The van der Waals surface area contributed by atoms with E-state index in [1.54, 1.807) is 6.20 Å². The Labute approximate surface area is 158 Å². The Morgan fingerprint density at radius 1 is 1.33 bits per heavy atom. The fraction of sp³-hybridized carbons (Fsp3) is 0.588. The zero-order valence-electron chi connectivity index (χ0n) is 15.1. The van der Waals surface area contributed by atoms with Crippen LogP contribution in [0.5, 0.6) is 0 Å². The number of nitrogens with one attached hydrogen (secondary N) is 1. The van der Waals surface area contributed by atoms with E-state index in [1.165, 1.54) is 19.3 Å². The average molecular weight is 395 g/mol. The van der Waals surface area contributed by atoms with E-state index in [9.17, 15) is 13.2 Å². The first kappa shape index (κ1) is 19.4. The lowest BCUT2D eigenvalue weighted by atomic mass is 10.1. The van der Waals surface area contributed by atoms with Gasteiger partial charge in [0.25, 0.3) is 5.91 Å². The van der Waals surface area contributed by atoms with E-state index in [-0.39, 0.29) is 30.0 Å². The zero-order valence-corrected chi connectivity index (χ0v) is 16.0. The van der Waals surface area contributed by atoms with Gasteiger partial charge in [-0.25, -0.2) is 13.4 Å². The van der Waals surface area contributed by atoms with Crippen molar-refractivity contribution in [1.29, 1.82) is 0 Å². The Hall–Kier alpha value is -2.36. The minimum atomic E-state index is -3.04. The number of amides is 1. The predicted molar refractivity (Wildman–Crippen MR) is 102 cm³/mol. The molecule has 2 aliphatic rings. The molecule has 10 heteroatoms. The molecule has 3 rings (SSSR count). The molecule has 1 unspecified atom stereocenters. The third kappa shape index (κ3) is 5.56. The monoisotopic (exact) mass is 395 g/mol. The first-order valence-electron chi connectivity index (χ1n) is 9.09. The largest absolute Gasteiger partial charge is 0.384 e. The summed E-state index contributed by atoms with van der Waals surface area (Å²) in [5.74, 6) is 0.693. The van der Waals surface area contributed by atoms with Gasteiger partial charge in [-0.1, -0.05) is 5.16 Å². The fourth-order valence-electron chi connectivity index (χ4n) is 3.24. The van der Waals surface area contributed by atoms with Crippen LogP contribution in [0.1, 0.15) is 31.2 Å². The number of carbonyl (C=O) groups is 1. The van der Waals surface area contributed by atoms with Crippen molar-refractivity contribution in [2.75, 3.05) is 36.1 Å². The van der Waals surface area contributed by atoms with Gasteiger partial charge in [0.1, 0.15) is 5.82 Å². The van der Waals surface area contributed by atoms with Crippen LogP contribution in [0.3, 0.4) is 0 Å². The Morgan fingerprint density at radius 3 is 2.74 bits per heavy atom. The molecule has 3 heterocycles. The molecular weight excluding hydrogens is 370 g/mol. The highest BCUT2D eigenvalue weighted by Crippen LogP contribution is 2.17. The smallest absolute Gasteiger partial charge is 0.261 e. The van der Waals surface area contributed by atoms with E-state index in [4.69, 9.17) is 10.6 Å². The van der Waals surface area contributed by atoms with Gasteiger partial charge in [-0.2, -0.15) is 0 Å². The summed E-state index contributed by atoms with van der Waals surface area (Å²) in [5.41, 5.74) is 6.48. The van der Waals surface area contributed by atoms with Gasteiger partial charge in [0, 0.05) is 30.9 Å². The van der Waals surface area contributed by atoms with Crippen LogP contribution in [0.2, 0.25) is 0 Å². The van der Waals surface area contributed by atoms with Gasteiger partial charge < -0.3 is 20.8 Å². The molecule has 2 aliphatic heterocycles. The number of anilines is 1. The molecular formula is C17H25N5O4S. The molecule has 2 saturated heterocycles. The summed E-state index contributed by atoms with van der Waals surface area (Å²) in [6.45, 7) is 1.70. The van der Waals surface area contributed by atoms with E-state index in [1.807, 2.05) is 12.1 Å². The van der Waals surface area contributed by atoms with Crippen molar-refractivity contribution in [1.82, 2.24) is 10.3 Å². The maximum absolute atomic E-state index is 11.8. The SMILES string of the molecule is N/C(=N/OCC(=O)NC1CCS(=O)(=O)C1)c1ccc(N2CCCCC2)nc1. The summed E-state index contributed by atoms with van der Waals surface area (Å²) >= 11 is 0. The summed E-state index contributed by atoms with van der Waals surface area (Å²) in [6, 6.07) is 3.36. The van der Waals surface area contributed by atoms with Crippen LogP contribution in [0.15, 0.2) is 23.5 Å². The van der Waals surface area contributed by atoms with Crippen molar-refractivity contribution < 1.29 is 18.0 Å². The summed E-state index contributed by atoms with van der Waals surface area (Å²) in [5, 5.41) is 6.36. The van der Waals surface area contributed by atoms with E-state index in [0.717, 1.165) is 18.9 Å². The Kier molecular flexibility index (Phi) is 6.15. The van der Waals surface area contributed by atoms with Gasteiger partial charge in [-0.3, -0.25) is 4.79 Å². The van der Waals surface area contributed by atoms with Gasteiger partial charge in [0.05, 0.1) is 11.5 Å². The van der Waals surface area contributed by atoms with Crippen LogP contribution >= 0.6 is 0 Å². The molecule has 0 spiro atoms. The molecule has 2 fully saturated rings. The van der Waals surface area contributed by atoms with Crippen molar-refractivity contribution in [3.8, 4) is 0 Å². The van der Waals surface area contributed by atoms with Crippen LogP contribution in [0.4, 0.5) is 5.82 Å². The topological polar surface area (TPSA) is 127 Å². The predicted octanol–water partition coefficient (Wildman–Crippen LogP) is 0.0121. The molecule has 148 valence electrons. The van der Waals surface area contributed by atoms with Gasteiger partial charge >= 0.3 is 0 Å². The maximum Gasteiger partial charge on any atom is 0.261 e. The Balaban J connectivity index is 1.46.